The summed E-state index contributed by atoms with van der Waals surface area (Å²) in [7, 11) is 0. The van der Waals surface area contributed by atoms with Gasteiger partial charge in [0.1, 0.15) is 18.5 Å². The van der Waals surface area contributed by atoms with Crippen molar-refractivity contribution < 1.29 is 19.4 Å². The first-order chi connectivity index (χ1) is 11.2. The number of aliphatic hydroxyl groups is 1. The highest BCUT2D eigenvalue weighted by Gasteiger charge is 2.26. The normalized spacial score (nSPS) is 15.6. The number of carbonyl (C=O) groups excluding carboxylic acids is 2. The van der Waals surface area contributed by atoms with Gasteiger partial charge in [0.05, 0.1) is 6.54 Å². The first-order valence-corrected chi connectivity index (χ1v) is 8.44. The largest absolute Gasteiger partial charge is 0.491 e. The summed E-state index contributed by atoms with van der Waals surface area (Å²) in [5.74, 6) is 0.728. The molecule has 1 atom stereocenters. The molecule has 5 nitrogen and oxygen atoms in total. The van der Waals surface area contributed by atoms with Crippen molar-refractivity contribution in [3.8, 4) is 5.75 Å². The van der Waals surface area contributed by atoms with Crippen LogP contribution in [0.25, 0.3) is 0 Å². The van der Waals surface area contributed by atoms with Gasteiger partial charge in [0.15, 0.2) is 5.78 Å². The average molecular weight is 333 g/mol. The van der Waals surface area contributed by atoms with E-state index in [-0.39, 0.29) is 30.4 Å². The van der Waals surface area contributed by atoms with Gasteiger partial charge in [0.25, 0.3) is 0 Å². The van der Waals surface area contributed by atoms with Gasteiger partial charge in [-0.25, -0.2) is 0 Å². The van der Waals surface area contributed by atoms with Crippen molar-refractivity contribution in [3.05, 3.63) is 29.3 Å². The highest BCUT2D eigenvalue weighted by molar-refractivity contribution is 5.99. The van der Waals surface area contributed by atoms with Crippen molar-refractivity contribution >= 4 is 11.7 Å². The van der Waals surface area contributed by atoms with Gasteiger partial charge < -0.3 is 14.7 Å². The van der Waals surface area contributed by atoms with Gasteiger partial charge in [-0.3, -0.25) is 9.59 Å². The maximum atomic E-state index is 12.0. The van der Waals surface area contributed by atoms with Gasteiger partial charge in [-0.05, 0) is 39.7 Å². The molecule has 0 saturated heterocycles. The summed E-state index contributed by atoms with van der Waals surface area (Å²) in [6, 6.07) is 5.47. The van der Waals surface area contributed by atoms with Crippen molar-refractivity contribution in [2.24, 2.45) is 0 Å². The standard InChI is InChI=1S/C19H27NO4/c1-13(21)20(19(2,3)4)11-14(22)12-24-18-10-6-7-15-16(18)8-5-9-17(15)23/h6-7,10,14,22H,5,8-9,11-12H2,1-4H3. The fourth-order valence-corrected chi connectivity index (χ4v) is 3.10. The Morgan fingerprint density at radius 3 is 2.67 bits per heavy atom. The van der Waals surface area contributed by atoms with E-state index in [1.165, 1.54) is 6.92 Å². The lowest BCUT2D eigenvalue weighted by atomic mass is 9.90. The number of β-amino-alcohol motifs (C(OH)–C–C–N with tert-alkyl or cyclic N) is 1. The molecule has 132 valence electrons. The molecular formula is C19H27NO4. The number of nitrogens with zero attached hydrogens (tertiary/aromatic N) is 1. The van der Waals surface area contributed by atoms with Crippen molar-refractivity contribution in [2.75, 3.05) is 13.2 Å². The molecule has 5 heteroatoms. The van der Waals surface area contributed by atoms with E-state index in [4.69, 9.17) is 4.74 Å². The summed E-state index contributed by atoms with van der Waals surface area (Å²) >= 11 is 0. The number of Topliss-reactive ketones (excluding diaryl/α,β-unsaturated/α-hetero) is 1. The molecule has 0 aliphatic heterocycles. The molecule has 0 spiro atoms. The molecule has 0 radical (unpaired) electrons. The van der Waals surface area contributed by atoms with Crippen LogP contribution in [0.5, 0.6) is 5.75 Å². The fraction of sp³-hybridized carbons (Fsp3) is 0.579. The van der Waals surface area contributed by atoms with Crippen LogP contribution in [-0.2, 0) is 11.2 Å². The molecule has 1 aliphatic carbocycles. The second-order valence-electron chi connectivity index (χ2n) is 7.32. The summed E-state index contributed by atoms with van der Waals surface area (Å²) < 4.78 is 5.77. The maximum absolute atomic E-state index is 12.0. The lowest BCUT2D eigenvalue weighted by Crippen LogP contribution is -2.49. The number of ether oxygens (including phenoxy) is 1. The van der Waals surface area contributed by atoms with Crippen LogP contribution in [0.1, 0.15) is 56.5 Å². The number of carbonyl (C=O) groups is 2. The average Bonchev–Trinajstić information content (AvgIpc) is 2.49. The predicted molar refractivity (Wildman–Crippen MR) is 92.4 cm³/mol. The number of hydrogen-bond donors (Lipinski definition) is 1. The number of benzene rings is 1. The first-order valence-electron chi connectivity index (χ1n) is 8.44. The van der Waals surface area contributed by atoms with Gasteiger partial charge in [-0.1, -0.05) is 12.1 Å². The van der Waals surface area contributed by atoms with Crippen molar-refractivity contribution in [1.82, 2.24) is 4.90 Å². The van der Waals surface area contributed by atoms with Crippen LogP contribution in [0.2, 0.25) is 0 Å². The zero-order valence-corrected chi connectivity index (χ0v) is 15.0. The monoisotopic (exact) mass is 333 g/mol. The van der Waals surface area contributed by atoms with E-state index in [1.807, 2.05) is 32.9 Å². The minimum absolute atomic E-state index is 0.0794. The molecular weight excluding hydrogens is 306 g/mol. The second kappa shape index (κ2) is 7.34. The van der Waals surface area contributed by atoms with Crippen LogP contribution < -0.4 is 4.74 Å². The summed E-state index contributed by atoms with van der Waals surface area (Å²) in [5, 5.41) is 10.3. The number of hydrogen-bond acceptors (Lipinski definition) is 4. The van der Waals surface area contributed by atoms with Crippen molar-refractivity contribution in [1.29, 1.82) is 0 Å². The Kier molecular flexibility index (Phi) is 5.65. The van der Waals surface area contributed by atoms with Crippen LogP contribution in [0, 0.1) is 0 Å². The van der Waals surface area contributed by atoms with Gasteiger partial charge in [0, 0.05) is 30.0 Å². The molecule has 24 heavy (non-hydrogen) atoms. The SMILES string of the molecule is CC(=O)N(CC(O)COc1cccc2c1CCCC2=O)C(C)(C)C. The molecule has 1 aliphatic rings. The van der Waals surface area contributed by atoms with Gasteiger partial charge in [0.2, 0.25) is 5.91 Å². The Bertz CT molecular complexity index is 618. The minimum Gasteiger partial charge on any atom is -0.491 e. The molecule has 1 N–H and O–H groups in total. The van der Waals surface area contributed by atoms with Crippen LogP contribution in [-0.4, -0.2) is 46.5 Å². The second-order valence-corrected chi connectivity index (χ2v) is 7.32. The third kappa shape index (κ3) is 4.35. The summed E-state index contributed by atoms with van der Waals surface area (Å²) in [6.07, 6.45) is 1.44. The Labute approximate surface area is 143 Å². The molecule has 0 heterocycles. The minimum atomic E-state index is -0.789. The van der Waals surface area contributed by atoms with Gasteiger partial charge in [-0.2, -0.15) is 0 Å². The highest BCUT2D eigenvalue weighted by Crippen LogP contribution is 2.29. The number of rotatable bonds is 5. The zero-order valence-electron chi connectivity index (χ0n) is 15.0. The molecule has 0 saturated carbocycles. The Hall–Kier alpha value is -1.88. The van der Waals surface area contributed by atoms with E-state index in [9.17, 15) is 14.7 Å². The summed E-state index contributed by atoms with van der Waals surface area (Å²) in [4.78, 5) is 25.4. The molecule has 1 amide bonds. The Balaban J connectivity index is 2.02. The van der Waals surface area contributed by atoms with E-state index in [0.717, 1.165) is 24.0 Å². The molecule has 1 aromatic rings. The third-order valence-corrected chi connectivity index (χ3v) is 4.28. The number of amides is 1. The first kappa shape index (κ1) is 18.5. The molecule has 0 fully saturated rings. The lowest BCUT2D eigenvalue weighted by Gasteiger charge is -2.36. The molecule has 2 rings (SSSR count). The zero-order chi connectivity index (χ0) is 17.9. The fourth-order valence-electron chi connectivity index (χ4n) is 3.10. The maximum Gasteiger partial charge on any atom is 0.219 e. The quantitative estimate of drug-likeness (QED) is 0.899. The summed E-state index contributed by atoms with van der Waals surface area (Å²) in [5.41, 5.74) is 1.30. The third-order valence-electron chi connectivity index (χ3n) is 4.28. The van der Waals surface area contributed by atoms with E-state index in [0.29, 0.717) is 12.2 Å². The van der Waals surface area contributed by atoms with E-state index >= 15 is 0 Å². The number of fused-ring (bicyclic) bond motifs is 1. The van der Waals surface area contributed by atoms with Crippen LogP contribution in [0.4, 0.5) is 0 Å². The molecule has 0 bridgehead atoms. The Morgan fingerprint density at radius 1 is 1.33 bits per heavy atom. The topological polar surface area (TPSA) is 66.8 Å². The van der Waals surface area contributed by atoms with Crippen LogP contribution in [0.15, 0.2) is 18.2 Å². The van der Waals surface area contributed by atoms with Gasteiger partial charge in [-0.15, -0.1) is 0 Å². The van der Waals surface area contributed by atoms with E-state index < -0.39 is 6.10 Å². The molecule has 0 aromatic heterocycles. The van der Waals surface area contributed by atoms with Crippen molar-refractivity contribution in [2.45, 2.75) is 58.6 Å². The summed E-state index contributed by atoms with van der Waals surface area (Å²) in [6.45, 7) is 7.60. The highest BCUT2D eigenvalue weighted by atomic mass is 16.5. The van der Waals surface area contributed by atoms with Crippen LogP contribution in [0.3, 0.4) is 0 Å². The number of aliphatic hydroxyl groups excluding tert-OH is 1. The predicted octanol–water partition coefficient (Wildman–Crippen LogP) is 2.59. The van der Waals surface area contributed by atoms with E-state index in [1.54, 1.807) is 11.0 Å². The smallest absolute Gasteiger partial charge is 0.219 e. The van der Waals surface area contributed by atoms with E-state index in [2.05, 4.69) is 0 Å². The van der Waals surface area contributed by atoms with Gasteiger partial charge >= 0.3 is 0 Å². The Morgan fingerprint density at radius 2 is 2.04 bits per heavy atom. The lowest BCUT2D eigenvalue weighted by molar-refractivity contribution is -0.135. The van der Waals surface area contributed by atoms with Crippen molar-refractivity contribution in [3.63, 3.8) is 0 Å². The molecule has 1 unspecified atom stereocenters. The van der Waals surface area contributed by atoms with Crippen LogP contribution >= 0.6 is 0 Å². The molecule has 1 aromatic carbocycles. The number of ketones is 1.